The van der Waals surface area contributed by atoms with Crippen molar-refractivity contribution in [3.63, 3.8) is 0 Å². The van der Waals surface area contributed by atoms with Crippen LogP contribution in [0.2, 0.25) is 0 Å². The Labute approximate surface area is 112 Å². The standard InChI is InChI=1S/C13H18N2O2S/c1-10-9-12(18-11(10)5-4-8-16)13(17)14-6-7-15(2)3/h9,16H,6-8H2,1-3H3,(H,14,17). The Bertz CT molecular complexity index is 469. The normalized spacial score (nSPS) is 10.1. The highest BCUT2D eigenvalue weighted by Gasteiger charge is 2.10. The first kappa shape index (κ1) is 14.7. The fourth-order valence-electron chi connectivity index (χ4n) is 1.32. The molecule has 0 bridgehead atoms. The third-order valence-corrected chi connectivity index (χ3v) is 3.42. The highest BCUT2D eigenvalue weighted by atomic mass is 32.1. The second-order valence-electron chi connectivity index (χ2n) is 4.14. The lowest BCUT2D eigenvalue weighted by atomic mass is 10.2. The number of hydrogen-bond donors (Lipinski definition) is 2. The molecule has 98 valence electrons. The molecule has 18 heavy (non-hydrogen) atoms. The van der Waals surface area contributed by atoms with E-state index in [0.717, 1.165) is 17.0 Å². The van der Waals surface area contributed by atoms with Gasteiger partial charge in [0.25, 0.3) is 5.91 Å². The Morgan fingerprint density at radius 1 is 1.56 bits per heavy atom. The van der Waals surface area contributed by atoms with Gasteiger partial charge in [-0.05, 0) is 32.6 Å². The van der Waals surface area contributed by atoms with Crippen LogP contribution in [-0.2, 0) is 0 Å². The molecule has 0 saturated heterocycles. The van der Waals surface area contributed by atoms with Crippen LogP contribution in [-0.4, -0.2) is 49.7 Å². The lowest BCUT2D eigenvalue weighted by molar-refractivity contribution is 0.0955. The van der Waals surface area contributed by atoms with E-state index in [0.29, 0.717) is 11.4 Å². The second kappa shape index (κ2) is 7.17. The minimum absolute atomic E-state index is 0.0676. The first-order chi connectivity index (χ1) is 8.54. The van der Waals surface area contributed by atoms with Gasteiger partial charge in [-0.15, -0.1) is 11.3 Å². The largest absolute Gasteiger partial charge is 0.384 e. The van der Waals surface area contributed by atoms with Gasteiger partial charge in [0.1, 0.15) is 6.61 Å². The molecule has 0 aromatic carbocycles. The van der Waals surface area contributed by atoms with Crippen LogP contribution >= 0.6 is 11.3 Å². The number of aliphatic hydroxyl groups excluding tert-OH is 1. The van der Waals surface area contributed by atoms with Gasteiger partial charge in [-0.1, -0.05) is 11.8 Å². The summed E-state index contributed by atoms with van der Waals surface area (Å²) in [5.41, 5.74) is 0.971. The van der Waals surface area contributed by atoms with E-state index in [-0.39, 0.29) is 12.5 Å². The Morgan fingerprint density at radius 2 is 2.28 bits per heavy atom. The summed E-state index contributed by atoms with van der Waals surface area (Å²) in [7, 11) is 3.92. The van der Waals surface area contributed by atoms with Crippen LogP contribution in [0.5, 0.6) is 0 Å². The van der Waals surface area contributed by atoms with Crippen molar-refractivity contribution < 1.29 is 9.90 Å². The average Bonchev–Trinajstić information content (AvgIpc) is 2.67. The Kier molecular flexibility index (Phi) is 5.86. The number of nitrogens with one attached hydrogen (secondary N) is 1. The molecule has 2 N–H and O–H groups in total. The number of hydrogen-bond acceptors (Lipinski definition) is 4. The molecule has 1 rings (SSSR count). The van der Waals surface area contributed by atoms with Crippen LogP contribution < -0.4 is 5.32 Å². The van der Waals surface area contributed by atoms with Crippen molar-refractivity contribution in [2.45, 2.75) is 6.92 Å². The highest BCUT2D eigenvalue weighted by Crippen LogP contribution is 2.20. The maximum atomic E-state index is 11.8. The lowest BCUT2D eigenvalue weighted by Gasteiger charge is -2.09. The molecule has 0 atom stereocenters. The molecule has 0 saturated carbocycles. The van der Waals surface area contributed by atoms with Gasteiger partial charge in [0, 0.05) is 13.1 Å². The smallest absolute Gasteiger partial charge is 0.261 e. The van der Waals surface area contributed by atoms with E-state index in [1.807, 2.05) is 32.0 Å². The van der Waals surface area contributed by atoms with Crippen LogP contribution in [0, 0.1) is 18.8 Å². The number of carbonyl (C=O) groups is 1. The monoisotopic (exact) mass is 266 g/mol. The molecular formula is C13H18N2O2S. The third-order valence-electron chi connectivity index (χ3n) is 2.27. The number of aliphatic hydroxyl groups is 1. The molecule has 0 radical (unpaired) electrons. The van der Waals surface area contributed by atoms with Gasteiger partial charge < -0.3 is 15.3 Å². The van der Waals surface area contributed by atoms with Crippen LogP contribution in [0.15, 0.2) is 6.07 Å². The fraction of sp³-hybridized carbons (Fsp3) is 0.462. The molecule has 1 heterocycles. The van der Waals surface area contributed by atoms with Gasteiger partial charge in [0.15, 0.2) is 0 Å². The molecule has 4 nitrogen and oxygen atoms in total. The van der Waals surface area contributed by atoms with E-state index in [4.69, 9.17) is 5.11 Å². The van der Waals surface area contributed by atoms with E-state index < -0.39 is 0 Å². The van der Waals surface area contributed by atoms with Crippen LogP contribution in [0.25, 0.3) is 0 Å². The van der Waals surface area contributed by atoms with E-state index >= 15 is 0 Å². The molecule has 5 heteroatoms. The molecular weight excluding hydrogens is 248 g/mol. The van der Waals surface area contributed by atoms with E-state index in [1.165, 1.54) is 11.3 Å². The van der Waals surface area contributed by atoms with Crippen molar-refractivity contribution in [3.05, 3.63) is 21.4 Å². The third kappa shape index (κ3) is 4.49. The molecule has 0 aliphatic heterocycles. The highest BCUT2D eigenvalue weighted by molar-refractivity contribution is 7.14. The maximum Gasteiger partial charge on any atom is 0.261 e. The lowest BCUT2D eigenvalue weighted by Crippen LogP contribution is -2.30. The van der Waals surface area contributed by atoms with E-state index in [9.17, 15) is 4.79 Å². The number of thiophene rings is 1. The summed E-state index contributed by atoms with van der Waals surface area (Å²) in [5, 5.41) is 11.5. The van der Waals surface area contributed by atoms with Gasteiger partial charge in [0.05, 0.1) is 9.75 Å². The number of carbonyl (C=O) groups excluding carboxylic acids is 1. The summed E-state index contributed by atoms with van der Waals surface area (Å²) in [6.45, 7) is 3.18. The zero-order chi connectivity index (χ0) is 13.5. The van der Waals surface area contributed by atoms with E-state index in [2.05, 4.69) is 17.2 Å². The molecule has 0 unspecified atom stereocenters. The number of amides is 1. The summed E-state index contributed by atoms with van der Waals surface area (Å²) >= 11 is 1.36. The predicted molar refractivity (Wildman–Crippen MR) is 73.9 cm³/mol. The minimum Gasteiger partial charge on any atom is -0.384 e. The summed E-state index contributed by atoms with van der Waals surface area (Å²) in [6.07, 6.45) is 0. The zero-order valence-corrected chi connectivity index (χ0v) is 11.7. The SMILES string of the molecule is Cc1cc(C(=O)NCCN(C)C)sc1C#CCO. The van der Waals surface area contributed by atoms with Gasteiger partial charge in [-0.2, -0.15) is 0 Å². The Balaban J connectivity index is 2.64. The first-order valence-electron chi connectivity index (χ1n) is 5.67. The van der Waals surface area contributed by atoms with Gasteiger partial charge in [-0.25, -0.2) is 0 Å². The van der Waals surface area contributed by atoms with Crippen molar-refractivity contribution in [3.8, 4) is 11.8 Å². The molecule has 0 fully saturated rings. The zero-order valence-electron chi connectivity index (χ0n) is 10.9. The number of likely N-dealkylation sites (N-methyl/N-ethyl adjacent to an activating group) is 1. The Hall–Kier alpha value is -1.35. The quantitative estimate of drug-likeness (QED) is 0.789. The molecule has 0 spiro atoms. The average molecular weight is 266 g/mol. The van der Waals surface area contributed by atoms with Gasteiger partial charge in [-0.3, -0.25) is 4.79 Å². The van der Waals surface area contributed by atoms with Crippen LogP contribution in [0.1, 0.15) is 20.1 Å². The summed E-state index contributed by atoms with van der Waals surface area (Å²) in [6, 6.07) is 1.83. The predicted octanol–water partition coefficient (Wildman–Crippen LogP) is 0.692. The van der Waals surface area contributed by atoms with Crippen LogP contribution in [0.3, 0.4) is 0 Å². The van der Waals surface area contributed by atoms with E-state index in [1.54, 1.807) is 0 Å². The number of aryl methyl sites for hydroxylation is 1. The van der Waals surface area contributed by atoms with Gasteiger partial charge >= 0.3 is 0 Å². The molecule has 1 aromatic heterocycles. The molecule has 1 aromatic rings. The van der Waals surface area contributed by atoms with Crippen molar-refractivity contribution in [1.82, 2.24) is 10.2 Å². The fourth-order valence-corrected chi connectivity index (χ4v) is 2.28. The van der Waals surface area contributed by atoms with Gasteiger partial charge in [0.2, 0.25) is 0 Å². The summed E-state index contributed by atoms with van der Waals surface area (Å²) in [4.78, 5) is 15.4. The number of rotatable bonds is 4. The molecule has 1 amide bonds. The van der Waals surface area contributed by atoms with Crippen molar-refractivity contribution >= 4 is 17.2 Å². The number of nitrogens with zero attached hydrogens (tertiary/aromatic N) is 1. The summed E-state index contributed by atoms with van der Waals surface area (Å²) < 4.78 is 0. The van der Waals surface area contributed by atoms with Crippen molar-refractivity contribution in [2.24, 2.45) is 0 Å². The maximum absolute atomic E-state index is 11.8. The first-order valence-corrected chi connectivity index (χ1v) is 6.49. The van der Waals surface area contributed by atoms with Crippen molar-refractivity contribution in [1.29, 1.82) is 0 Å². The summed E-state index contributed by atoms with van der Waals surface area (Å²) in [5.74, 6) is 5.37. The van der Waals surface area contributed by atoms with Crippen LogP contribution in [0.4, 0.5) is 0 Å². The molecule has 0 aliphatic carbocycles. The molecule has 0 aliphatic rings. The van der Waals surface area contributed by atoms with Crippen molar-refractivity contribution in [2.75, 3.05) is 33.8 Å². The Morgan fingerprint density at radius 3 is 2.89 bits per heavy atom. The second-order valence-corrected chi connectivity index (χ2v) is 5.19. The minimum atomic E-state index is -0.165. The topological polar surface area (TPSA) is 52.6 Å².